The van der Waals surface area contributed by atoms with E-state index in [2.05, 4.69) is 5.32 Å². The van der Waals surface area contributed by atoms with Gasteiger partial charge < -0.3 is 4.74 Å². The second kappa shape index (κ2) is 9.13. The molecule has 0 saturated carbocycles. The third-order valence-corrected chi connectivity index (χ3v) is 7.17. The van der Waals surface area contributed by atoms with Crippen molar-refractivity contribution in [1.29, 1.82) is 0 Å². The Morgan fingerprint density at radius 2 is 1.72 bits per heavy atom. The monoisotopic (exact) mass is 496 g/mol. The molecule has 178 valence electrons. The number of rotatable bonds is 4. The van der Waals surface area contributed by atoms with E-state index in [0.29, 0.717) is 27.4 Å². The van der Waals surface area contributed by atoms with Gasteiger partial charge in [0, 0.05) is 21.9 Å². The third kappa shape index (κ3) is 3.79. The first-order chi connectivity index (χ1) is 17.6. The number of amides is 1. The van der Waals surface area contributed by atoms with Crippen molar-refractivity contribution in [2.45, 2.75) is 11.9 Å². The zero-order chi connectivity index (χ0) is 24.6. The van der Waals surface area contributed by atoms with Gasteiger partial charge in [-0.25, -0.2) is 9.40 Å². The number of methoxy groups -OCH3 is 1. The summed E-state index contributed by atoms with van der Waals surface area (Å²) in [5, 5.41) is 13.1. The van der Waals surface area contributed by atoms with Crippen molar-refractivity contribution in [1.82, 2.24) is 10.3 Å². The molecule has 4 aromatic carbocycles. The first-order valence-corrected chi connectivity index (χ1v) is 12.4. The lowest BCUT2D eigenvalue weighted by molar-refractivity contribution is -0.116. The molecule has 0 aliphatic carbocycles. The fourth-order valence-electron chi connectivity index (χ4n) is 4.55. The molecule has 0 aromatic heterocycles. The van der Waals surface area contributed by atoms with E-state index < -0.39 is 6.17 Å². The Bertz CT molecular complexity index is 1670. The van der Waals surface area contributed by atoms with E-state index >= 15 is 0 Å². The minimum Gasteiger partial charge on any atom is -0.496 e. The van der Waals surface area contributed by atoms with Gasteiger partial charge in [0.05, 0.1) is 12.5 Å². The van der Waals surface area contributed by atoms with Crippen LogP contribution in [0.3, 0.4) is 0 Å². The van der Waals surface area contributed by atoms with Crippen LogP contribution in [0.15, 0.2) is 95.0 Å². The van der Waals surface area contributed by atoms with Gasteiger partial charge in [-0.2, -0.15) is 0 Å². The highest BCUT2D eigenvalue weighted by Crippen LogP contribution is 2.37. The summed E-state index contributed by atoms with van der Waals surface area (Å²) in [6.07, 6.45) is -0.569. The van der Waals surface area contributed by atoms with E-state index in [0.717, 1.165) is 27.4 Å². The summed E-state index contributed by atoms with van der Waals surface area (Å²) < 4.78 is 19.7. The fraction of sp³-hybridized carbons (Fsp3) is 0.107. The van der Waals surface area contributed by atoms with Gasteiger partial charge in [0.2, 0.25) is 0 Å². The Labute approximate surface area is 210 Å². The first kappa shape index (κ1) is 22.3. The van der Waals surface area contributed by atoms with E-state index in [1.165, 1.54) is 17.8 Å². The molecule has 1 unspecified atom stereocenters. The largest absolute Gasteiger partial charge is 0.496 e. The normalized spacial score (nSPS) is 16.6. The third-order valence-electron chi connectivity index (χ3n) is 6.25. The number of amidine groups is 1. The molecule has 0 spiro atoms. The van der Waals surface area contributed by atoms with Gasteiger partial charge in [0.25, 0.3) is 5.91 Å². The van der Waals surface area contributed by atoms with Gasteiger partial charge in [-0.15, -0.1) is 5.10 Å². The number of carbonyl (C=O) groups excluding carboxylic acids is 1. The number of halogens is 1. The van der Waals surface area contributed by atoms with Crippen molar-refractivity contribution in [2.24, 2.45) is 10.1 Å². The lowest BCUT2D eigenvalue weighted by Crippen LogP contribution is -2.50. The molecule has 1 N–H and O–H groups in total. The molecule has 2 aliphatic rings. The average molecular weight is 497 g/mol. The molecule has 0 fully saturated rings. The zero-order valence-electron chi connectivity index (χ0n) is 19.3. The summed E-state index contributed by atoms with van der Waals surface area (Å²) in [7, 11) is 1.65. The van der Waals surface area contributed by atoms with Crippen LogP contribution in [0.2, 0.25) is 0 Å². The Kier molecular flexibility index (Phi) is 5.65. The standard InChI is InChI=1S/C28H21FN4O2S/c1-35-24-15-14-20(18-9-3-4-10-19(18)24)26-30-23-13-7-5-11-21(23)25-27(34)31-28(32-33(25)26)36-16-17-8-2-6-12-22(17)29/h2-15,26H,16H2,1H3,(H,31,32,34). The van der Waals surface area contributed by atoms with Crippen LogP contribution in [0.1, 0.15) is 17.3 Å². The maximum atomic E-state index is 14.2. The van der Waals surface area contributed by atoms with E-state index in [1.54, 1.807) is 30.3 Å². The SMILES string of the molecule is COc1ccc(C2N=c3ccccc3=C3C(=O)NC(SCc4ccccc4F)=NN32)c2ccccc12. The number of hydrazone groups is 1. The number of hydrogen-bond acceptors (Lipinski definition) is 6. The summed E-state index contributed by atoms with van der Waals surface area (Å²) in [4.78, 5) is 18.4. The molecule has 2 aliphatic heterocycles. The maximum Gasteiger partial charge on any atom is 0.276 e. The van der Waals surface area contributed by atoms with Crippen LogP contribution >= 0.6 is 11.8 Å². The van der Waals surface area contributed by atoms with Crippen molar-refractivity contribution < 1.29 is 13.9 Å². The summed E-state index contributed by atoms with van der Waals surface area (Å²) in [5.41, 5.74) is 1.87. The predicted octanol–water partition coefficient (Wildman–Crippen LogP) is 4.06. The minimum atomic E-state index is -0.569. The number of nitrogens with one attached hydrogen (secondary N) is 1. The van der Waals surface area contributed by atoms with Crippen LogP contribution < -0.4 is 20.6 Å². The van der Waals surface area contributed by atoms with Gasteiger partial charge in [-0.05, 0) is 29.1 Å². The van der Waals surface area contributed by atoms with Crippen molar-refractivity contribution in [3.63, 3.8) is 0 Å². The molecule has 6 nitrogen and oxygen atoms in total. The highest BCUT2D eigenvalue weighted by molar-refractivity contribution is 8.13. The molecule has 0 radical (unpaired) electrons. The number of ether oxygens (including phenoxy) is 1. The molecule has 4 aromatic rings. The lowest BCUT2D eigenvalue weighted by atomic mass is 10.00. The number of para-hydroxylation sites is 1. The average Bonchev–Trinajstić information content (AvgIpc) is 2.91. The van der Waals surface area contributed by atoms with E-state index in [9.17, 15) is 9.18 Å². The topological polar surface area (TPSA) is 66.3 Å². The quantitative estimate of drug-likeness (QED) is 0.463. The summed E-state index contributed by atoms with van der Waals surface area (Å²) in [6.45, 7) is 0. The zero-order valence-corrected chi connectivity index (χ0v) is 20.1. The molecule has 6 rings (SSSR count). The Morgan fingerprint density at radius 1 is 0.972 bits per heavy atom. The molecule has 8 heteroatoms. The predicted molar refractivity (Wildman–Crippen MR) is 139 cm³/mol. The first-order valence-electron chi connectivity index (χ1n) is 11.4. The second-order valence-electron chi connectivity index (χ2n) is 8.36. The van der Waals surface area contributed by atoms with Crippen molar-refractivity contribution in [3.8, 4) is 5.75 Å². The second-order valence-corrected chi connectivity index (χ2v) is 9.32. The van der Waals surface area contributed by atoms with Crippen molar-refractivity contribution in [3.05, 3.63) is 112 Å². The smallest absolute Gasteiger partial charge is 0.276 e. The van der Waals surface area contributed by atoms with Crippen LogP contribution in [-0.4, -0.2) is 23.2 Å². The maximum absolute atomic E-state index is 14.2. The van der Waals surface area contributed by atoms with E-state index in [1.807, 2.05) is 60.7 Å². The summed E-state index contributed by atoms with van der Waals surface area (Å²) in [5.74, 6) is 0.533. The molecule has 1 atom stereocenters. The molecule has 0 bridgehead atoms. The van der Waals surface area contributed by atoms with E-state index in [4.69, 9.17) is 14.8 Å². The lowest BCUT2D eigenvalue weighted by Gasteiger charge is -2.34. The summed E-state index contributed by atoms with van der Waals surface area (Å²) in [6, 6.07) is 26.0. The Hall–Kier alpha value is -4.17. The van der Waals surface area contributed by atoms with Gasteiger partial charge in [-0.1, -0.05) is 78.5 Å². The highest BCUT2D eigenvalue weighted by Gasteiger charge is 2.35. The Morgan fingerprint density at radius 3 is 2.56 bits per heavy atom. The molecule has 1 amide bonds. The molecule has 36 heavy (non-hydrogen) atoms. The molecular weight excluding hydrogens is 475 g/mol. The van der Waals surface area contributed by atoms with Crippen LogP contribution in [0.5, 0.6) is 5.75 Å². The van der Waals surface area contributed by atoms with Crippen molar-refractivity contribution >= 4 is 39.3 Å². The molecule has 2 heterocycles. The van der Waals surface area contributed by atoms with Crippen LogP contribution in [0.4, 0.5) is 4.39 Å². The molecular formula is C28H21FN4O2S. The number of carbonyl (C=O) groups is 1. The van der Waals surface area contributed by atoms with Gasteiger partial charge in [0.15, 0.2) is 11.3 Å². The minimum absolute atomic E-state index is 0.272. The highest BCUT2D eigenvalue weighted by atomic mass is 32.2. The number of nitrogens with zero attached hydrogens (tertiary/aromatic N) is 3. The van der Waals surface area contributed by atoms with Crippen molar-refractivity contribution in [2.75, 3.05) is 7.11 Å². The van der Waals surface area contributed by atoms with Gasteiger partial charge in [-0.3, -0.25) is 15.1 Å². The van der Waals surface area contributed by atoms with Gasteiger partial charge >= 0.3 is 0 Å². The van der Waals surface area contributed by atoms with Crippen LogP contribution in [0.25, 0.3) is 16.5 Å². The van der Waals surface area contributed by atoms with Crippen LogP contribution in [-0.2, 0) is 10.5 Å². The van der Waals surface area contributed by atoms with Crippen LogP contribution in [0, 0.1) is 5.82 Å². The number of hydrogen-bond donors (Lipinski definition) is 1. The number of fused-ring (bicyclic) bond motifs is 3. The van der Waals surface area contributed by atoms with Gasteiger partial charge in [0.1, 0.15) is 17.3 Å². The number of benzene rings is 4. The number of thioether (sulfide) groups is 1. The summed E-state index contributed by atoms with van der Waals surface area (Å²) >= 11 is 1.27. The fourth-order valence-corrected chi connectivity index (χ4v) is 5.39. The Balaban J connectivity index is 1.49. The molecule has 0 saturated heterocycles. The van der Waals surface area contributed by atoms with E-state index in [-0.39, 0.29) is 11.7 Å².